The molecule has 0 aromatic carbocycles. The molecule has 0 rings (SSSR count). The number of amides is 1. The van der Waals surface area contributed by atoms with Gasteiger partial charge in [-0.3, -0.25) is 9.59 Å². The number of hydrogen-bond donors (Lipinski definition) is 1. The Morgan fingerprint density at radius 3 is 2.00 bits per heavy atom. The normalized spacial score (nSPS) is 10.9. The van der Waals surface area contributed by atoms with E-state index >= 15 is 0 Å². The molecule has 11 heavy (non-hydrogen) atoms. The van der Waals surface area contributed by atoms with Crippen molar-refractivity contribution >= 4 is 11.7 Å². The van der Waals surface area contributed by atoms with Gasteiger partial charge in [-0.25, -0.2) is 0 Å². The lowest BCUT2D eigenvalue weighted by Gasteiger charge is -2.19. The van der Waals surface area contributed by atoms with E-state index in [2.05, 4.69) is 5.32 Å². The SMILES string of the molecule is CC(=O)CC(=O)NC(C)(C)C. The number of carbonyl (C=O) groups excluding carboxylic acids is 2. The molecule has 0 aromatic rings. The van der Waals surface area contributed by atoms with Gasteiger partial charge in [-0.2, -0.15) is 0 Å². The van der Waals surface area contributed by atoms with E-state index < -0.39 is 0 Å². The van der Waals surface area contributed by atoms with Crippen LogP contribution >= 0.6 is 0 Å². The highest BCUT2D eigenvalue weighted by molar-refractivity contribution is 5.96. The Hall–Kier alpha value is -0.860. The molecule has 0 aliphatic rings. The predicted octanol–water partition coefficient (Wildman–Crippen LogP) is 0.880. The molecule has 1 N–H and O–H groups in total. The average Bonchev–Trinajstić information content (AvgIpc) is 1.53. The van der Waals surface area contributed by atoms with Crippen molar-refractivity contribution < 1.29 is 9.59 Å². The molecule has 0 fully saturated rings. The first-order chi connectivity index (χ1) is 4.81. The second-order valence-electron chi connectivity index (χ2n) is 3.68. The fourth-order valence-corrected chi connectivity index (χ4v) is 0.689. The van der Waals surface area contributed by atoms with Crippen molar-refractivity contribution in [1.82, 2.24) is 5.32 Å². The molecular weight excluding hydrogens is 142 g/mol. The first kappa shape index (κ1) is 10.1. The van der Waals surface area contributed by atoms with Crippen molar-refractivity contribution in [3.8, 4) is 0 Å². The van der Waals surface area contributed by atoms with Crippen LogP contribution in [0.5, 0.6) is 0 Å². The van der Waals surface area contributed by atoms with Crippen LogP contribution in [0.1, 0.15) is 34.1 Å². The minimum atomic E-state index is -0.244. The summed E-state index contributed by atoms with van der Waals surface area (Å²) in [4.78, 5) is 21.4. The van der Waals surface area contributed by atoms with E-state index in [-0.39, 0.29) is 23.7 Å². The summed E-state index contributed by atoms with van der Waals surface area (Å²) in [7, 11) is 0. The van der Waals surface area contributed by atoms with Gasteiger partial charge in [0.2, 0.25) is 5.91 Å². The first-order valence-corrected chi connectivity index (χ1v) is 3.62. The van der Waals surface area contributed by atoms with E-state index in [4.69, 9.17) is 0 Å². The van der Waals surface area contributed by atoms with Crippen LogP contribution in [0.2, 0.25) is 0 Å². The first-order valence-electron chi connectivity index (χ1n) is 3.62. The standard InChI is InChI=1S/C8H15NO2/c1-6(10)5-7(11)9-8(2,3)4/h5H2,1-4H3,(H,9,11). The monoisotopic (exact) mass is 157 g/mol. The zero-order chi connectivity index (χ0) is 9.07. The maximum absolute atomic E-state index is 10.9. The maximum Gasteiger partial charge on any atom is 0.227 e. The van der Waals surface area contributed by atoms with Crippen molar-refractivity contribution in [2.24, 2.45) is 0 Å². The van der Waals surface area contributed by atoms with Gasteiger partial charge in [0.25, 0.3) is 0 Å². The van der Waals surface area contributed by atoms with E-state index in [9.17, 15) is 9.59 Å². The van der Waals surface area contributed by atoms with Crippen LogP contribution in [0.3, 0.4) is 0 Å². The summed E-state index contributed by atoms with van der Waals surface area (Å²) in [5.41, 5.74) is -0.244. The van der Waals surface area contributed by atoms with Gasteiger partial charge in [0.15, 0.2) is 0 Å². The van der Waals surface area contributed by atoms with Crippen LogP contribution in [0, 0.1) is 0 Å². The van der Waals surface area contributed by atoms with Crippen LogP contribution in [-0.2, 0) is 9.59 Å². The van der Waals surface area contributed by atoms with E-state index in [1.807, 2.05) is 20.8 Å². The molecule has 0 spiro atoms. The van der Waals surface area contributed by atoms with Crippen molar-refractivity contribution in [3.63, 3.8) is 0 Å². The van der Waals surface area contributed by atoms with Gasteiger partial charge in [0.05, 0.1) is 6.42 Å². The maximum atomic E-state index is 10.9. The minimum Gasteiger partial charge on any atom is -0.351 e. The molecule has 0 aliphatic carbocycles. The van der Waals surface area contributed by atoms with Crippen LogP contribution in [0.4, 0.5) is 0 Å². The lowest BCUT2D eigenvalue weighted by atomic mass is 10.1. The summed E-state index contributed by atoms with van der Waals surface area (Å²) in [6.07, 6.45) is -0.0166. The van der Waals surface area contributed by atoms with Crippen LogP contribution in [0.15, 0.2) is 0 Å². The lowest BCUT2D eigenvalue weighted by Crippen LogP contribution is -2.41. The van der Waals surface area contributed by atoms with E-state index in [1.165, 1.54) is 6.92 Å². The molecule has 1 amide bonds. The highest BCUT2D eigenvalue weighted by atomic mass is 16.2. The van der Waals surface area contributed by atoms with Gasteiger partial charge in [-0.15, -0.1) is 0 Å². The highest BCUT2D eigenvalue weighted by Gasteiger charge is 2.14. The van der Waals surface area contributed by atoms with Crippen molar-refractivity contribution in [3.05, 3.63) is 0 Å². The number of carbonyl (C=O) groups is 2. The Bertz CT molecular complexity index is 167. The molecule has 0 radical (unpaired) electrons. The zero-order valence-electron chi connectivity index (χ0n) is 7.52. The largest absolute Gasteiger partial charge is 0.351 e. The van der Waals surface area contributed by atoms with Crippen LogP contribution < -0.4 is 5.32 Å². The van der Waals surface area contributed by atoms with Crippen LogP contribution in [0.25, 0.3) is 0 Å². The molecule has 0 heterocycles. The topological polar surface area (TPSA) is 46.2 Å². The summed E-state index contributed by atoms with van der Waals surface area (Å²) in [6, 6.07) is 0. The number of ketones is 1. The van der Waals surface area contributed by atoms with Gasteiger partial charge >= 0.3 is 0 Å². The molecular formula is C8H15NO2. The molecule has 0 saturated heterocycles. The predicted molar refractivity (Wildman–Crippen MR) is 43.2 cm³/mol. The van der Waals surface area contributed by atoms with E-state index in [1.54, 1.807) is 0 Å². The molecule has 0 aliphatic heterocycles. The Morgan fingerprint density at radius 1 is 1.27 bits per heavy atom. The number of nitrogens with one attached hydrogen (secondary N) is 1. The Balaban J connectivity index is 3.80. The fraction of sp³-hybridized carbons (Fsp3) is 0.750. The van der Waals surface area contributed by atoms with E-state index in [0.717, 1.165) is 0 Å². The third-order valence-corrected chi connectivity index (χ3v) is 0.924. The summed E-state index contributed by atoms with van der Waals surface area (Å²) >= 11 is 0. The number of hydrogen-bond acceptors (Lipinski definition) is 2. The lowest BCUT2D eigenvalue weighted by molar-refractivity contribution is -0.128. The van der Waals surface area contributed by atoms with Gasteiger partial charge in [0, 0.05) is 5.54 Å². The van der Waals surface area contributed by atoms with Gasteiger partial charge in [0.1, 0.15) is 5.78 Å². The molecule has 0 saturated carbocycles. The van der Waals surface area contributed by atoms with Crippen molar-refractivity contribution in [2.45, 2.75) is 39.7 Å². The quantitative estimate of drug-likeness (QED) is 0.605. The molecule has 0 aromatic heterocycles. The van der Waals surface area contributed by atoms with Crippen LogP contribution in [-0.4, -0.2) is 17.2 Å². The third-order valence-electron chi connectivity index (χ3n) is 0.924. The molecule has 64 valence electrons. The average molecular weight is 157 g/mol. The number of rotatable bonds is 2. The van der Waals surface area contributed by atoms with E-state index in [0.29, 0.717) is 0 Å². The Morgan fingerprint density at radius 2 is 1.73 bits per heavy atom. The molecule has 0 bridgehead atoms. The molecule has 3 heteroatoms. The molecule has 3 nitrogen and oxygen atoms in total. The Kier molecular flexibility index (Phi) is 3.23. The summed E-state index contributed by atoms with van der Waals surface area (Å²) in [5.74, 6) is -0.309. The fourth-order valence-electron chi connectivity index (χ4n) is 0.689. The molecule has 0 unspecified atom stereocenters. The second kappa shape index (κ2) is 3.51. The zero-order valence-corrected chi connectivity index (χ0v) is 7.52. The Labute approximate surface area is 67.2 Å². The highest BCUT2D eigenvalue weighted by Crippen LogP contribution is 1.98. The summed E-state index contributed by atoms with van der Waals surface area (Å²) in [6.45, 7) is 7.04. The summed E-state index contributed by atoms with van der Waals surface area (Å²) < 4.78 is 0. The van der Waals surface area contributed by atoms with Gasteiger partial charge in [-0.1, -0.05) is 0 Å². The molecule has 0 atom stereocenters. The van der Waals surface area contributed by atoms with Crippen molar-refractivity contribution in [1.29, 1.82) is 0 Å². The third kappa shape index (κ3) is 7.03. The minimum absolute atomic E-state index is 0.0166. The van der Waals surface area contributed by atoms with Gasteiger partial charge < -0.3 is 5.32 Å². The smallest absolute Gasteiger partial charge is 0.227 e. The second-order valence-corrected chi connectivity index (χ2v) is 3.68. The van der Waals surface area contributed by atoms with Gasteiger partial charge in [-0.05, 0) is 27.7 Å². The van der Waals surface area contributed by atoms with Crippen molar-refractivity contribution in [2.75, 3.05) is 0 Å². The number of Topliss-reactive ketones (excluding diaryl/α,β-unsaturated/α-hetero) is 1. The summed E-state index contributed by atoms with van der Waals surface area (Å²) in [5, 5.41) is 2.69.